The zero-order valence-corrected chi connectivity index (χ0v) is 14.6. The highest BCUT2D eigenvalue weighted by molar-refractivity contribution is 9.10. The van der Waals surface area contributed by atoms with Gasteiger partial charge in [-0.1, -0.05) is 54.9 Å². The zero-order chi connectivity index (χ0) is 15.3. The van der Waals surface area contributed by atoms with E-state index < -0.39 is 0 Å². The minimum Gasteiger partial charge on any atom is -0.369 e. The molecule has 3 heteroatoms. The van der Waals surface area contributed by atoms with Crippen LogP contribution in [0.2, 0.25) is 0 Å². The molecule has 114 valence electrons. The Balaban J connectivity index is 1.67. The average molecular weight is 351 g/mol. The largest absolute Gasteiger partial charge is 0.369 e. The number of ketones is 1. The van der Waals surface area contributed by atoms with Crippen LogP contribution in [0.1, 0.15) is 50.4 Å². The molecule has 2 bridgehead atoms. The van der Waals surface area contributed by atoms with Crippen LogP contribution in [0.4, 0.5) is 0 Å². The summed E-state index contributed by atoms with van der Waals surface area (Å²) in [5, 5.41) is 0. The number of hydrogen-bond donors (Lipinski definition) is 0. The van der Waals surface area contributed by atoms with Crippen LogP contribution >= 0.6 is 15.9 Å². The van der Waals surface area contributed by atoms with Gasteiger partial charge in [0.1, 0.15) is 6.61 Å². The number of hydrogen-bond acceptors (Lipinski definition) is 2. The van der Waals surface area contributed by atoms with Crippen molar-refractivity contribution in [2.45, 2.75) is 46.1 Å². The van der Waals surface area contributed by atoms with Crippen LogP contribution in [0.3, 0.4) is 0 Å². The lowest BCUT2D eigenvalue weighted by atomic mass is 9.70. The van der Waals surface area contributed by atoms with E-state index in [1.165, 1.54) is 12.8 Å². The first-order valence-corrected chi connectivity index (χ1v) is 8.55. The molecule has 1 aromatic rings. The molecule has 0 radical (unpaired) electrons. The molecule has 0 aromatic heterocycles. The number of rotatable bonds is 4. The number of benzene rings is 1. The fourth-order valence-electron chi connectivity index (χ4n) is 4.32. The molecule has 21 heavy (non-hydrogen) atoms. The summed E-state index contributed by atoms with van der Waals surface area (Å²) in [6, 6.07) is 7.55. The maximum absolute atomic E-state index is 12.3. The Labute approximate surface area is 135 Å². The Morgan fingerprint density at radius 1 is 1.33 bits per heavy atom. The van der Waals surface area contributed by atoms with Gasteiger partial charge in [-0.25, -0.2) is 0 Å². The standard InChI is InChI=1S/C18H23BrO2/c1-17(2)12-8-9-18(17,3)16(10-12)21-11-15(20)13-6-4-5-7-14(13)19/h4-7,12,16H,8-11H2,1-3H3. The second kappa shape index (κ2) is 5.20. The lowest BCUT2D eigenvalue weighted by Gasteiger charge is -2.38. The summed E-state index contributed by atoms with van der Waals surface area (Å²) < 4.78 is 6.92. The normalized spacial score (nSPS) is 33.3. The van der Waals surface area contributed by atoms with E-state index in [0.29, 0.717) is 11.0 Å². The summed E-state index contributed by atoms with van der Waals surface area (Å²) in [5.74, 6) is 0.803. The lowest BCUT2D eigenvalue weighted by Crippen LogP contribution is -2.38. The molecule has 2 aliphatic rings. The van der Waals surface area contributed by atoms with Crippen LogP contribution in [-0.4, -0.2) is 18.5 Å². The first-order valence-electron chi connectivity index (χ1n) is 7.75. The van der Waals surface area contributed by atoms with Crippen molar-refractivity contribution < 1.29 is 9.53 Å². The Hall–Kier alpha value is -0.670. The highest BCUT2D eigenvalue weighted by Crippen LogP contribution is 2.66. The van der Waals surface area contributed by atoms with Crippen molar-refractivity contribution in [1.82, 2.24) is 0 Å². The predicted octanol–water partition coefficient (Wildman–Crippen LogP) is 4.86. The fourth-order valence-corrected chi connectivity index (χ4v) is 4.83. The molecule has 0 spiro atoms. The van der Waals surface area contributed by atoms with Crippen LogP contribution in [0.5, 0.6) is 0 Å². The highest BCUT2D eigenvalue weighted by Gasteiger charge is 2.61. The maximum Gasteiger partial charge on any atom is 0.189 e. The van der Waals surface area contributed by atoms with Gasteiger partial charge in [-0.3, -0.25) is 4.79 Å². The van der Waals surface area contributed by atoms with Crippen molar-refractivity contribution in [3.05, 3.63) is 34.3 Å². The van der Waals surface area contributed by atoms with Crippen LogP contribution in [0.25, 0.3) is 0 Å². The van der Waals surface area contributed by atoms with Gasteiger partial charge in [-0.2, -0.15) is 0 Å². The molecule has 2 fully saturated rings. The first kappa shape index (κ1) is 15.2. The molecular formula is C18H23BrO2. The van der Waals surface area contributed by atoms with Crippen molar-refractivity contribution in [1.29, 1.82) is 0 Å². The lowest BCUT2D eigenvalue weighted by molar-refractivity contribution is -0.0390. The van der Waals surface area contributed by atoms with E-state index in [9.17, 15) is 4.79 Å². The van der Waals surface area contributed by atoms with Crippen molar-refractivity contribution in [3.63, 3.8) is 0 Å². The monoisotopic (exact) mass is 350 g/mol. The zero-order valence-electron chi connectivity index (χ0n) is 13.0. The van der Waals surface area contributed by atoms with Crippen molar-refractivity contribution >= 4 is 21.7 Å². The van der Waals surface area contributed by atoms with E-state index in [2.05, 4.69) is 36.7 Å². The van der Waals surface area contributed by atoms with E-state index in [4.69, 9.17) is 4.74 Å². The Morgan fingerprint density at radius 3 is 2.62 bits per heavy atom. The van der Waals surface area contributed by atoms with Gasteiger partial charge in [0.15, 0.2) is 5.78 Å². The van der Waals surface area contributed by atoms with Gasteiger partial charge in [0.2, 0.25) is 0 Å². The molecule has 3 atom stereocenters. The maximum atomic E-state index is 12.3. The number of carbonyl (C=O) groups excluding carboxylic acids is 1. The molecule has 2 aliphatic carbocycles. The number of halogens is 1. The molecule has 2 saturated carbocycles. The number of fused-ring (bicyclic) bond motifs is 2. The van der Waals surface area contributed by atoms with Crippen LogP contribution in [0, 0.1) is 16.7 Å². The summed E-state index contributed by atoms with van der Waals surface area (Å²) in [5.41, 5.74) is 1.25. The predicted molar refractivity (Wildman–Crippen MR) is 87.4 cm³/mol. The topological polar surface area (TPSA) is 26.3 Å². The van der Waals surface area contributed by atoms with Gasteiger partial charge in [-0.15, -0.1) is 0 Å². The molecule has 0 heterocycles. The third kappa shape index (κ3) is 2.29. The van der Waals surface area contributed by atoms with Crippen LogP contribution in [0.15, 0.2) is 28.7 Å². The molecular weight excluding hydrogens is 328 g/mol. The second-order valence-corrected chi connectivity index (χ2v) is 8.17. The third-order valence-corrected chi connectivity index (χ3v) is 7.00. The summed E-state index contributed by atoms with van der Waals surface area (Å²) in [6.45, 7) is 7.26. The number of ether oxygens (including phenoxy) is 1. The Kier molecular flexibility index (Phi) is 3.77. The molecule has 0 aliphatic heterocycles. The minimum atomic E-state index is 0.0617. The van der Waals surface area contributed by atoms with Gasteiger partial charge >= 0.3 is 0 Å². The molecule has 3 unspecified atom stereocenters. The van der Waals surface area contributed by atoms with Gasteiger partial charge in [0, 0.05) is 10.0 Å². The van der Waals surface area contributed by atoms with Crippen LogP contribution < -0.4 is 0 Å². The van der Waals surface area contributed by atoms with Gasteiger partial charge in [-0.05, 0) is 42.1 Å². The molecule has 1 aromatic carbocycles. The highest BCUT2D eigenvalue weighted by atomic mass is 79.9. The molecule has 0 amide bonds. The Bertz CT molecular complexity index is 566. The van der Waals surface area contributed by atoms with Gasteiger partial charge in [0.25, 0.3) is 0 Å². The van der Waals surface area contributed by atoms with E-state index in [0.717, 1.165) is 16.8 Å². The molecule has 0 saturated heterocycles. The summed E-state index contributed by atoms with van der Waals surface area (Å²) in [4.78, 5) is 12.3. The van der Waals surface area contributed by atoms with Crippen molar-refractivity contribution in [2.75, 3.05) is 6.61 Å². The Morgan fingerprint density at radius 2 is 2.05 bits per heavy atom. The first-order chi connectivity index (χ1) is 9.86. The average Bonchev–Trinajstić information content (AvgIpc) is 2.78. The van der Waals surface area contributed by atoms with Gasteiger partial charge < -0.3 is 4.74 Å². The smallest absolute Gasteiger partial charge is 0.189 e. The molecule has 0 N–H and O–H groups in total. The number of carbonyl (C=O) groups is 1. The summed E-state index contributed by atoms with van der Waals surface area (Å²) >= 11 is 3.44. The fraction of sp³-hybridized carbons (Fsp3) is 0.611. The van der Waals surface area contributed by atoms with Crippen LogP contribution in [-0.2, 0) is 4.74 Å². The van der Waals surface area contributed by atoms with E-state index in [-0.39, 0.29) is 23.9 Å². The summed E-state index contributed by atoms with van der Waals surface area (Å²) in [7, 11) is 0. The SMILES string of the molecule is CC1(C)C2CCC1(C)C(OCC(=O)c1ccccc1Br)C2. The molecule has 3 rings (SSSR count). The van der Waals surface area contributed by atoms with Crippen molar-refractivity contribution in [3.8, 4) is 0 Å². The third-order valence-electron chi connectivity index (χ3n) is 6.30. The molecule has 2 nitrogen and oxygen atoms in total. The van der Waals surface area contributed by atoms with Crippen molar-refractivity contribution in [2.24, 2.45) is 16.7 Å². The van der Waals surface area contributed by atoms with E-state index in [1.807, 2.05) is 24.3 Å². The second-order valence-electron chi connectivity index (χ2n) is 7.31. The minimum absolute atomic E-state index is 0.0617. The number of Topliss-reactive ketones (excluding diaryl/α,β-unsaturated/α-hetero) is 1. The van der Waals surface area contributed by atoms with E-state index >= 15 is 0 Å². The van der Waals surface area contributed by atoms with E-state index in [1.54, 1.807) is 0 Å². The summed E-state index contributed by atoms with van der Waals surface area (Å²) in [6.07, 6.45) is 3.85. The quantitative estimate of drug-likeness (QED) is 0.724. The van der Waals surface area contributed by atoms with Gasteiger partial charge in [0.05, 0.1) is 6.10 Å².